The van der Waals surface area contributed by atoms with Gasteiger partial charge in [0.25, 0.3) is 0 Å². The van der Waals surface area contributed by atoms with E-state index < -0.39 is 10.0 Å². The maximum Gasteiger partial charge on any atom is 0.231 e. The second kappa shape index (κ2) is 3.59. The van der Waals surface area contributed by atoms with Crippen molar-refractivity contribution in [3.8, 4) is 5.75 Å². The molecule has 13 heavy (non-hydrogen) atoms. The maximum atomic E-state index is 10.5. The van der Waals surface area contributed by atoms with Gasteiger partial charge in [-0.1, -0.05) is 12.1 Å². The van der Waals surface area contributed by atoms with Gasteiger partial charge in [0.1, 0.15) is 5.75 Å². The summed E-state index contributed by atoms with van der Waals surface area (Å²) in [7, 11) is -3.58. The van der Waals surface area contributed by atoms with Gasteiger partial charge in [0.05, 0.1) is 0 Å². The zero-order valence-electron chi connectivity index (χ0n) is 6.71. The average Bonchev–Trinajstić information content (AvgIpc) is 2.02. The number of hydrogen-bond donors (Lipinski definition) is 2. The molecule has 0 amide bonds. The quantitative estimate of drug-likeness (QED) is 0.733. The molecule has 4 nitrogen and oxygen atoms in total. The first kappa shape index (κ1) is 9.76. The Hall–Kier alpha value is -1.33. The summed E-state index contributed by atoms with van der Waals surface area (Å²) in [5.41, 5.74) is 0.659. The van der Waals surface area contributed by atoms with E-state index in [2.05, 4.69) is 0 Å². The standard InChI is InChI=1S/C8H9NO3S/c9-13(11,12)6-5-7-1-3-8(10)4-2-7/h1-6,10H,(H2,9,11,12). The maximum absolute atomic E-state index is 10.5. The van der Waals surface area contributed by atoms with Crippen molar-refractivity contribution >= 4 is 16.1 Å². The van der Waals surface area contributed by atoms with Gasteiger partial charge in [0.2, 0.25) is 10.0 Å². The predicted octanol–water partition coefficient (Wildman–Crippen LogP) is 0.651. The van der Waals surface area contributed by atoms with Crippen molar-refractivity contribution in [2.75, 3.05) is 0 Å². The number of phenols is 1. The molecule has 1 aromatic rings. The molecular weight excluding hydrogens is 190 g/mol. The van der Waals surface area contributed by atoms with Crippen LogP contribution in [0.4, 0.5) is 0 Å². The first-order valence-electron chi connectivity index (χ1n) is 3.47. The van der Waals surface area contributed by atoms with E-state index in [1.165, 1.54) is 18.2 Å². The minimum atomic E-state index is -3.58. The van der Waals surface area contributed by atoms with Crippen LogP contribution in [0.2, 0.25) is 0 Å². The highest BCUT2D eigenvalue weighted by Crippen LogP contribution is 2.10. The van der Waals surface area contributed by atoms with Gasteiger partial charge in [0.15, 0.2) is 0 Å². The Balaban J connectivity index is 2.88. The van der Waals surface area contributed by atoms with Gasteiger partial charge in [-0.25, -0.2) is 13.6 Å². The Morgan fingerprint density at radius 3 is 2.23 bits per heavy atom. The minimum absolute atomic E-state index is 0.132. The van der Waals surface area contributed by atoms with Crippen LogP contribution in [-0.4, -0.2) is 13.5 Å². The highest BCUT2D eigenvalue weighted by Gasteiger charge is 1.93. The van der Waals surface area contributed by atoms with Gasteiger partial charge in [-0.3, -0.25) is 0 Å². The molecular formula is C8H9NO3S. The number of rotatable bonds is 2. The van der Waals surface area contributed by atoms with Gasteiger partial charge < -0.3 is 5.11 Å². The first-order valence-corrected chi connectivity index (χ1v) is 5.08. The van der Waals surface area contributed by atoms with E-state index in [9.17, 15) is 8.42 Å². The highest BCUT2D eigenvalue weighted by molar-refractivity contribution is 7.92. The second-order valence-corrected chi connectivity index (χ2v) is 3.93. The summed E-state index contributed by atoms with van der Waals surface area (Å²) in [5.74, 6) is 0.132. The fraction of sp³-hybridized carbons (Fsp3) is 0. The second-order valence-electron chi connectivity index (χ2n) is 2.48. The van der Waals surface area contributed by atoms with E-state index in [1.807, 2.05) is 0 Å². The molecule has 1 rings (SSSR count). The normalized spacial score (nSPS) is 12.1. The molecule has 0 aliphatic heterocycles. The number of nitrogens with two attached hydrogens (primary N) is 1. The fourth-order valence-corrected chi connectivity index (χ4v) is 1.11. The van der Waals surface area contributed by atoms with E-state index in [1.54, 1.807) is 12.1 Å². The van der Waals surface area contributed by atoms with Gasteiger partial charge in [-0.2, -0.15) is 0 Å². The SMILES string of the molecule is NS(=O)(=O)C=Cc1ccc(O)cc1. The van der Waals surface area contributed by atoms with Crippen LogP contribution in [0.1, 0.15) is 5.56 Å². The lowest BCUT2D eigenvalue weighted by Crippen LogP contribution is -2.06. The van der Waals surface area contributed by atoms with Gasteiger partial charge in [-0.15, -0.1) is 0 Å². The molecule has 0 heterocycles. The monoisotopic (exact) mass is 199 g/mol. The zero-order valence-corrected chi connectivity index (χ0v) is 7.53. The molecule has 0 saturated carbocycles. The lowest BCUT2D eigenvalue weighted by atomic mass is 10.2. The summed E-state index contributed by atoms with van der Waals surface area (Å²) in [4.78, 5) is 0. The van der Waals surface area contributed by atoms with Crippen molar-refractivity contribution in [1.82, 2.24) is 0 Å². The largest absolute Gasteiger partial charge is 0.508 e. The Morgan fingerprint density at radius 1 is 1.23 bits per heavy atom. The summed E-state index contributed by atoms with van der Waals surface area (Å²) in [6.45, 7) is 0. The van der Waals surface area contributed by atoms with Gasteiger partial charge >= 0.3 is 0 Å². The van der Waals surface area contributed by atoms with Gasteiger partial charge in [-0.05, 0) is 23.8 Å². The molecule has 70 valence electrons. The van der Waals surface area contributed by atoms with Crippen molar-refractivity contribution in [3.63, 3.8) is 0 Å². The summed E-state index contributed by atoms with van der Waals surface area (Å²) in [6, 6.07) is 6.08. The number of primary sulfonamides is 1. The molecule has 0 aliphatic rings. The van der Waals surface area contributed by atoms with Crippen molar-refractivity contribution in [2.45, 2.75) is 0 Å². The molecule has 0 fully saturated rings. The molecule has 3 N–H and O–H groups in total. The molecule has 0 atom stereocenters. The molecule has 0 bridgehead atoms. The Morgan fingerprint density at radius 2 is 1.77 bits per heavy atom. The Labute approximate surface area is 76.4 Å². The van der Waals surface area contributed by atoms with E-state index in [0.717, 1.165) is 5.41 Å². The number of phenolic OH excluding ortho intramolecular Hbond substituents is 1. The predicted molar refractivity (Wildman–Crippen MR) is 50.2 cm³/mol. The average molecular weight is 199 g/mol. The van der Waals surface area contributed by atoms with Crippen LogP contribution in [-0.2, 0) is 10.0 Å². The van der Waals surface area contributed by atoms with Crippen LogP contribution < -0.4 is 5.14 Å². The first-order chi connectivity index (χ1) is 5.97. The lowest BCUT2D eigenvalue weighted by Gasteiger charge is -1.93. The number of benzene rings is 1. The third-order valence-corrected chi connectivity index (χ3v) is 1.86. The Kier molecular flexibility index (Phi) is 2.69. The number of aromatic hydroxyl groups is 1. The number of sulfonamides is 1. The summed E-state index contributed by atoms with van der Waals surface area (Å²) < 4.78 is 21.0. The molecule has 0 saturated heterocycles. The van der Waals surface area contributed by atoms with Crippen LogP contribution in [0.25, 0.3) is 6.08 Å². The molecule has 0 unspecified atom stereocenters. The van der Waals surface area contributed by atoms with Crippen molar-refractivity contribution in [1.29, 1.82) is 0 Å². The van der Waals surface area contributed by atoms with E-state index in [-0.39, 0.29) is 5.75 Å². The van der Waals surface area contributed by atoms with Gasteiger partial charge in [0, 0.05) is 5.41 Å². The van der Waals surface area contributed by atoms with Crippen LogP contribution in [0.5, 0.6) is 5.75 Å². The van der Waals surface area contributed by atoms with E-state index >= 15 is 0 Å². The molecule has 0 radical (unpaired) electrons. The van der Waals surface area contributed by atoms with Crippen molar-refractivity contribution in [3.05, 3.63) is 35.2 Å². The number of hydrogen-bond acceptors (Lipinski definition) is 3. The van der Waals surface area contributed by atoms with Crippen LogP contribution in [0, 0.1) is 0 Å². The highest BCUT2D eigenvalue weighted by atomic mass is 32.2. The molecule has 0 spiro atoms. The van der Waals surface area contributed by atoms with Crippen LogP contribution in [0.3, 0.4) is 0 Å². The molecule has 0 aromatic heterocycles. The third kappa shape index (κ3) is 3.73. The van der Waals surface area contributed by atoms with Crippen LogP contribution >= 0.6 is 0 Å². The smallest absolute Gasteiger partial charge is 0.231 e. The van der Waals surface area contributed by atoms with E-state index in [4.69, 9.17) is 10.2 Å². The molecule has 5 heteroatoms. The summed E-state index contributed by atoms with van der Waals surface area (Å²) in [6.07, 6.45) is 1.36. The summed E-state index contributed by atoms with van der Waals surface area (Å²) in [5, 5.41) is 14.6. The molecule has 1 aromatic carbocycles. The third-order valence-electron chi connectivity index (χ3n) is 1.34. The fourth-order valence-electron chi connectivity index (χ4n) is 0.759. The zero-order chi connectivity index (χ0) is 9.90. The lowest BCUT2D eigenvalue weighted by molar-refractivity contribution is 0.475. The van der Waals surface area contributed by atoms with Crippen LogP contribution in [0.15, 0.2) is 29.7 Å². The van der Waals surface area contributed by atoms with Crippen molar-refractivity contribution < 1.29 is 13.5 Å². The van der Waals surface area contributed by atoms with E-state index in [0.29, 0.717) is 5.56 Å². The topological polar surface area (TPSA) is 80.4 Å². The minimum Gasteiger partial charge on any atom is -0.508 e. The summed E-state index contributed by atoms with van der Waals surface area (Å²) >= 11 is 0. The molecule has 0 aliphatic carbocycles. The Bertz CT molecular complexity index is 406. The van der Waals surface area contributed by atoms with Crippen molar-refractivity contribution in [2.24, 2.45) is 5.14 Å².